The lowest BCUT2D eigenvalue weighted by Gasteiger charge is -2.26. The Kier molecular flexibility index (Phi) is 3.99. The van der Waals surface area contributed by atoms with Crippen molar-refractivity contribution in [1.29, 1.82) is 0 Å². The Morgan fingerprint density at radius 1 is 0.388 bits per heavy atom. The van der Waals surface area contributed by atoms with Crippen LogP contribution in [0.1, 0.15) is 20.6 Å². The lowest BCUT2D eigenvalue weighted by Crippen LogP contribution is -2.09. The Bertz CT molecular complexity index is 3540. The molecular formula is C46H29NS2. The van der Waals surface area contributed by atoms with Crippen LogP contribution in [0.5, 0.6) is 0 Å². The van der Waals surface area contributed by atoms with Crippen LogP contribution in [0, 0.1) is 0 Å². The van der Waals surface area contributed by atoms with Crippen LogP contribution in [0.4, 0.5) is 17.1 Å². The molecule has 2 aromatic heterocycles. The van der Waals surface area contributed by atoms with E-state index in [0.29, 0.717) is 11.4 Å². The van der Waals surface area contributed by atoms with E-state index in [9.17, 15) is 8.22 Å². The molecule has 0 spiro atoms. The summed E-state index contributed by atoms with van der Waals surface area (Å²) in [6.45, 7) is 0. The van der Waals surface area contributed by atoms with Crippen molar-refractivity contribution in [3.63, 3.8) is 0 Å². The SMILES string of the molecule is [2H]c1c([2H])c([2H])c(-c2c([2H])c([2H])c3c([2H])c([2H])c(-c4c([2H])c([2H])c(N(c5ccc6c(c5)sc5ccccc56)c5ccc6c(c5)sc5ccccc56)c([2H])c4[2H])c([2H])c3c2[2H])c([2H])c1[2H]. The summed E-state index contributed by atoms with van der Waals surface area (Å²) < 4.78 is 138. The molecule has 2 heterocycles. The van der Waals surface area contributed by atoms with E-state index in [0.717, 1.165) is 40.3 Å². The van der Waals surface area contributed by atoms with Gasteiger partial charge in [0, 0.05) is 57.4 Å². The van der Waals surface area contributed by atoms with Crippen molar-refractivity contribution in [2.24, 2.45) is 0 Å². The highest BCUT2D eigenvalue weighted by Gasteiger charge is 2.17. The van der Waals surface area contributed by atoms with Crippen LogP contribution in [-0.2, 0) is 0 Å². The fraction of sp³-hybridized carbons (Fsp3) is 0. The molecule has 0 aliphatic heterocycles. The van der Waals surface area contributed by atoms with Gasteiger partial charge >= 0.3 is 0 Å². The molecule has 10 rings (SSSR count). The first-order valence-corrected chi connectivity index (χ1v) is 17.0. The average molecular weight is 675 g/mol. The molecule has 0 radical (unpaired) electrons. The zero-order chi connectivity index (χ0) is 45.4. The highest BCUT2D eigenvalue weighted by atomic mass is 32.1. The van der Waals surface area contributed by atoms with Gasteiger partial charge in [-0.15, -0.1) is 22.7 Å². The average Bonchev–Trinajstić information content (AvgIpc) is 3.86. The van der Waals surface area contributed by atoms with Crippen molar-refractivity contribution in [1.82, 2.24) is 0 Å². The third kappa shape index (κ3) is 4.90. The minimum absolute atomic E-state index is 0.124. The van der Waals surface area contributed by atoms with Gasteiger partial charge in [-0.3, -0.25) is 0 Å². The van der Waals surface area contributed by atoms with Crippen molar-refractivity contribution in [2.75, 3.05) is 4.90 Å². The van der Waals surface area contributed by atoms with Crippen LogP contribution < -0.4 is 4.90 Å². The predicted molar refractivity (Wildman–Crippen MR) is 215 cm³/mol. The summed E-state index contributed by atoms with van der Waals surface area (Å²) in [7, 11) is 0. The first-order valence-electron chi connectivity index (χ1n) is 22.9. The van der Waals surface area contributed by atoms with Crippen LogP contribution in [-0.4, -0.2) is 0 Å². The topological polar surface area (TPSA) is 3.24 Å². The van der Waals surface area contributed by atoms with E-state index in [4.69, 9.17) is 12.3 Å². The van der Waals surface area contributed by atoms with E-state index in [2.05, 4.69) is 0 Å². The van der Waals surface area contributed by atoms with E-state index in [1.807, 2.05) is 84.9 Å². The van der Waals surface area contributed by atoms with Crippen molar-refractivity contribution in [3.8, 4) is 22.3 Å². The molecule has 230 valence electrons. The Labute approximate surface area is 313 Å². The third-order valence-electron chi connectivity index (χ3n) is 8.45. The van der Waals surface area contributed by atoms with Crippen LogP contribution in [0.2, 0.25) is 0 Å². The van der Waals surface area contributed by atoms with Crippen molar-refractivity contribution in [3.05, 3.63) is 176 Å². The molecule has 0 aliphatic carbocycles. The van der Waals surface area contributed by atoms with Gasteiger partial charge in [-0.25, -0.2) is 0 Å². The second-order valence-corrected chi connectivity index (χ2v) is 13.5. The number of fused-ring (bicyclic) bond motifs is 7. The quantitative estimate of drug-likeness (QED) is 0.176. The molecule has 8 aromatic carbocycles. The lowest BCUT2D eigenvalue weighted by atomic mass is 9.97. The first-order chi connectivity index (χ1) is 30.5. The summed E-state index contributed by atoms with van der Waals surface area (Å²) in [6, 6.07) is 17.0. The number of thiophene rings is 2. The zero-order valence-corrected chi connectivity index (χ0v) is 27.0. The third-order valence-corrected chi connectivity index (χ3v) is 10.7. The predicted octanol–water partition coefficient (Wildman–Crippen LogP) is 14.4. The number of benzene rings is 8. The molecule has 0 saturated carbocycles. The molecule has 3 heteroatoms. The van der Waals surface area contributed by atoms with Crippen molar-refractivity contribution < 1.29 is 20.6 Å². The van der Waals surface area contributed by atoms with E-state index in [1.165, 1.54) is 0 Å². The summed E-state index contributed by atoms with van der Waals surface area (Å²) >= 11 is 3.15. The highest BCUT2D eigenvalue weighted by Crippen LogP contribution is 2.43. The number of anilines is 3. The molecule has 0 saturated heterocycles. The van der Waals surface area contributed by atoms with Gasteiger partial charge in [0.05, 0.1) is 20.6 Å². The van der Waals surface area contributed by atoms with Gasteiger partial charge in [-0.2, -0.15) is 0 Å². The Balaban J connectivity index is 1.24. The molecule has 0 N–H and O–H groups in total. The van der Waals surface area contributed by atoms with Crippen LogP contribution in [0.25, 0.3) is 73.4 Å². The Morgan fingerprint density at radius 3 is 1.45 bits per heavy atom. The Hall–Kier alpha value is -5.74. The number of hydrogen-bond acceptors (Lipinski definition) is 3. The van der Waals surface area contributed by atoms with E-state index >= 15 is 0 Å². The largest absolute Gasteiger partial charge is 0.310 e. The molecule has 0 bridgehead atoms. The van der Waals surface area contributed by atoms with Gasteiger partial charge in [0.25, 0.3) is 0 Å². The van der Waals surface area contributed by atoms with Crippen LogP contribution in [0.15, 0.2) is 176 Å². The van der Waals surface area contributed by atoms with Gasteiger partial charge in [-0.1, -0.05) is 115 Å². The molecule has 49 heavy (non-hydrogen) atoms. The second-order valence-electron chi connectivity index (χ2n) is 11.4. The van der Waals surface area contributed by atoms with Gasteiger partial charge in [0.15, 0.2) is 0 Å². The first kappa shape index (κ1) is 17.1. The zero-order valence-electron chi connectivity index (χ0n) is 40.3. The molecular weight excluding hydrogens is 631 g/mol. The van der Waals surface area contributed by atoms with Crippen molar-refractivity contribution in [2.45, 2.75) is 0 Å². The summed E-state index contributed by atoms with van der Waals surface area (Å²) in [6.07, 6.45) is 0. The number of nitrogens with zero attached hydrogens (tertiary/aromatic N) is 1. The van der Waals surface area contributed by atoms with Gasteiger partial charge in [-0.05, 0) is 93.6 Å². The lowest BCUT2D eigenvalue weighted by molar-refractivity contribution is 1.30. The molecule has 0 fully saturated rings. The summed E-state index contributed by atoms with van der Waals surface area (Å²) in [5, 5.41) is 3.19. The molecule has 0 atom stereocenters. The smallest absolute Gasteiger partial charge is 0.0645 e. The van der Waals surface area contributed by atoms with Crippen molar-refractivity contribution >= 4 is 90.9 Å². The van der Waals surface area contributed by atoms with Gasteiger partial charge in [0.1, 0.15) is 0 Å². The number of rotatable bonds is 5. The molecule has 0 aliphatic rings. The highest BCUT2D eigenvalue weighted by molar-refractivity contribution is 7.26. The van der Waals surface area contributed by atoms with E-state index in [1.54, 1.807) is 27.6 Å². The fourth-order valence-electron chi connectivity index (χ4n) is 6.16. The summed E-state index contributed by atoms with van der Waals surface area (Å²) in [5.74, 6) is 0. The van der Waals surface area contributed by atoms with Gasteiger partial charge < -0.3 is 4.90 Å². The molecule has 0 unspecified atom stereocenters. The van der Waals surface area contributed by atoms with Crippen LogP contribution >= 0.6 is 22.7 Å². The second kappa shape index (κ2) is 11.5. The number of hydrogen-bond donors (Lipinski definition) is 0. The summed E-state index contributed by atoms with van der Waals surface area (Å²) in [4.78, 5) is 1.66. The van der Waals surface area contributed by atoms with Gasteiger partial charge in [0.2, 0.25) is 0 Å². The standard InChI is InChI=1S/C46H29NS2/c1-2-8-30(9-3-1)33-16-14-32-15-17-34(27-35(32)26-33)31-18-20-36(21-19-31)47(37-22-24-41-39-10-4-6-12-43(39)48-45(41)28-37)38-23-25-42-40-11-5-7-13-44(40)49-46(42)29-38/h1-29H/i1D,2D,3D,8D,9D,14D,15D,16D,17D,18D,19D,20D,21D,26D,27D. The molecule has 1 nitrogen and oxygen atoms in total. The maximum absolute atomic E-state index is 9.59. The monoisotopic (exact) mass is 674 g/mol. The molecule has 10 aromatic rings. The molecule has 0 amide bonds. The maximum atomic E-state index is 9.59. The fourth-order valence-corrected chi connectivity index (χ4v) is 8.44. The summed E-state index contributed by atoms with van der Waals surface area (Å²) in [5.41, 5.74) is -1.21. The van der Waals surface area contributed by atoms with E-state index < -0.39 is 124 Å². The maximum Gasteiger partial charge on any atom is 0.0645 e. The minimum Gasteiger partial charge on any atom is -0.310 e. The normalized spacial score (nSPS) is 16.0. The van der Waals surface area contributed by atoms with Crippen LogP contribution in [0.3, 0.4) is 0 Å². The Morgan fingerprint density at radius 2 is 0.878 bits per heavy atom. The van der Waals surface area contributed by atoms with E-state index in [-0.39, 0.29) is 5.69 Å². The minimum atomic E-state index is -0.757.